The fourth-order valence-electron chi connectivity index (χ4n) is 3.24. The minimum atomic E-state index is -0.209. The molecule has 4 rings (SSSR count). The Bertz CT molecular complexity index is 1200. The number of nitrogens with zero attached hydrogens (tertiary/aromatic N) is 1. The molecular formula is C21H21N3O4S. The van der Waals surface area contributed by atoms with Crippen LogP contribution < -0.4 is 20.3 Å². The van der Waals surface area contributed by atoms with Crippen molar-refractivity contribution in [3.05, 3.63) is 62.6 Å². The highest BCUT2D eigenvalue weighted by atomic mass is 32.1. The topological polar surface area (TPSA) is 85.3 Å². The van der Waals surface area contributed by atoms with Crippen molar-refractivity contribution >= 4 is 29.0 Å². The van der Waals surface area contributed by atoms with Gasteiger partial charge in [0.1, 0.15) is 0 Å². The van der Waals surface area contributed by atoms with Gasteiger partial charge in [0.15, 0.2) is 16.3 Å². The minimum absolute atomic E-state index is 0.163. The van der Waals surface area contributed by atoms with E-state index in [4.69, 9.17) is 21.7 Å². The summed E-state index contributed by atoms with van der Waals surface area (Å²) in [6.07, 6.45) is 1.93. The zero-order valence-electron chi connectivity index (χ0n) is 16.0. The van der Waals surface area contributed by atoms with Crippen molar-refractivity contribution < 1.29 is 14.3 Å². The Morgan fingerprint density at radius 2 is 2.03 bits per heavy atom. The quantitative estimate of drug-likeness (QED) is 0.480. The lowest BCUT2D eigenvalue weighted by Crippen LogP contribution is -2.25. The Morgan fingerprint density at radius 1 is 1.21 bits per heavy atom. The number of carbonyl (C=O) groups is 1. The molecule has 29 heavy (non-hydrogen) atoms. The van der Waals surface area contributed by atoms with Gasteiger partial charge in [-0.1, -0.05) is 19.4 Å². The van der Waals surface area contributed by atoms with Gasteiger partial charge in [-0.05, 0) is 54.5 Å². The third-order valence-corrected chi connectivity index (χ3v) is 5.16. The zero-order chi connectivity index (χ0) is 20.4. The first-order valence-corrected chi connectivity index (χ1v) is 9.91. The molecule has 1 aliphatic heterocycles. The normalized spacial score (nSPS) is 12.3. The van der Waals surface area contributed by atoms with Gasteiger partial charge in [-0.2, -0.15) is 0 Å². The molecule has 7 nitrogen and oxygen atoms in total. The molecule has 0 bridgehead atoms. The second-order valence-electron chi connectivity index (χ2n) is 6.88. The third-order valence-electron chi connectivity index (χ3n) is 4.84. The van der Waals surface area contributed by atoms with E-state index in [1.165, 1.54) is 4.57 Å². The van der Waals surface area contributed by atoms with Gasteiger partial charge < -0.3 is 19.8 Å². The summed E-state index contributed by atoms with van der Waals surface area (Å²) in [6, 6.07) is 10.5. The molecule has 0 atom stereocenters. The summed E-state index contributed by atoms with van der Waals surface area (Å²) in [5.41, 5.74) is 1.71. The molecule has 0 saturated carbocycles. The van der Waals surface area contributed by atoms with Crippen LogP contribution in [0.1, 0.15) is 35.7 Å². The summed E-state index contributed by atoms with van der Waals surface area (Å²) in [5.74, 6) is 1.18. The molecule has 0 saturated heterocycles. The van der Waals surface area contributed by atoms with Gasteiger partial charge in [0.05, 0.1) is 17.4 Å². The molecule has 150 valence electrons. The van der Waals surface area contributed by atoms with Crippen molar-refractivity contribution in [3.63, 3.8) is 0 Å². The number of hydrogen-bond donors (Lipinski definition) is 2. The van der Waals surface area contributed by atoms with E-state index in [0.717, 1.165) is 18.4 Å². The van der Waals surface area contributed by atoms with E-state index >= 15 is 0 Å². The molecule has 0 spiro atoms. The van der Waals surface area contributed by atoms with Crippen molar-refractivity contribution in [1.29, 1.82) is 0 Å². The maximum Gasteiger partial charge on any atom is 0.262 e. The molecule has 3 aromatic rings. The van der Waals surface area contributed by atoms with Crippen molar-refractivity contribution in [1.82, 2.24) is 14.9 Å². The highest BCUT2D eigenvalue weighted by Gasteiger charge is 2.15. The van der Waals surface area contributed by atoms with E-state index in [2.05, 4.69) is 17.2 Å². The number of nitrogens with one attached hydrogen (secondary N) is 2. The maximum atomic E-state index is 13.0. The minimum Gasteiger partial charge on any atom is -0.454 e. The Balaban J connectivity index is 1.65. The van der Waals surface area contributed by atoms with E-state index in [1.54, 1.807) is 18.2 Å². The summed E-state index contributed by atoms with van der Waals surface area (Å²) < 4.78 is 12.5. The third kappa shape index (κ3) is 3.88. The number of ether oxygens (including phenoxy) is 2. The lowest BCUT2D eigenvalue weighted by molar-refractivity contribution is 0.0953. The van der Waals surface area contributed by atoms with Crippen molar-refractivity contribution in [3.8, 4) is 11.5 Å². The molecule has 0 unspecified atom stereocenters. The zero-order valence-corrected chi connectivity index (χ0v) is 16.8. The highest BCUT2D eigenvalue weighted by molar-refractivity contribution is 7.71. The van der Waals surface area contributed by atoms with Gasteiger partial charge in [-0.3, -0.25) is 14.2 Å². The average molecular weight is 411 g/mol. The molecule has 8 heteroatoms. The number of aromatic nitrogens is 2. The van der Waals surface area contributed by atoms with Crippen LogP contribution in [0.25, 0.3) is 10.9 Å². The van der Waals surface area contributed by atoms with Crippen LogP contribution in [0.3, 0.4) is 0 Å². The predicted molar refractivity (Wildman–Crippen MR) is 112 cm³/mol. The average Bonchev–Trinajstić information content (AvgIpc) is 3.18. The van der Waals surface area contributed by atoms with E-state index in [-0.39, 0.29) is 18.3 Å². The summed E-state index contributed by atoms with van der Waals surface area (Å²) >= 11 is 5.41. The lowest BCUT2D eigenvalue weighted by atomic mass is 10.1. The van der Waals surface area contributed by atoms with Crippen LogP contribution in [-0.2, 0) is 6.54 Å². The Morgan fingerprint density at radius 3 is 2.86 bits per heavy atom. The highest BCUT2D eigenvalue weighted by Crippen LogP contribution is 2.32. The van der Waals surface area contributed by atoms with E-state index in [0.29, 0.717) is 45.8 Å². The molecule has 2 heterocycles. The molecule has 1 amide bonds. The second-order valence-corrected chi connectivity index (χ2v) is 7.27. The number of carbonyl (C=O) groups excluding carboxylic acids is 1. The van der Waals surface area contributed by atoms with Crippen molar-refractivity contribution in [2.24, 2.45) is 0 Å². The summed E-state index contributed by atoms with van der Waals surface area (Å²) in [6.45, 7) is 3.19. The molecule has 0 radical (unpaired) electrons. The molecule has 0 fully saturated rings. The van der Waals surface area contributed by atoms with E-state index in [1.807, 2.05) is 18.2 Å². The van der Waals surface area contributed by atoms with Gasteiger partial charge in [0.2, 0.25) is 6.79 Å². The fraction of sp³-hybridized carbons (Fsp3) is 0.286. The van der Waals surface area contributed by atoms with Crippen LogP contribution in [0, 0.1) is 4.77 Å². The first-order chi connectivity index (χ1) is 14.1. The standard InChI is InChI=1S/C21H21N3O4S/c1-2-3-8-22-19(25)14-5-6-15-16(10-14)23-21(29)24(20(15)26)11-13-4-7-17-18(9-13)28-12-27-17/h4-7,9-10H,2-3,8,11-12H2,1H3,(H,22,25)(H,23,29). The van der Waals surface area contributed by atoms with Gasteiger partial charge in [-0.25, -0.2) is 0 Å². The van der Waals surface area contributed by atoms with E-state index < -0.39 is 0 Å². The molecule has 1 aromatic heterocycles. The second kappa shape index (κ2) is 8.08. The van der Waals surface area contributed by atoms with Gasteiger partial charge in [0, 0.05) is 12.1 Å². The SMILES string of the molecule is CCCCNC(=O)c1ccc2c(=O)n(Cc3ccc4c(c3)OCO4)c(=S)[nH]c2c1. The van der Waals surface area contributed by atoms with E-state index in [9.17, 15) is 9.59 Å². The molecule has 2 aromatic carbocycles. The van der Waals surface area contributed by atoms with Gasteiger partial charge in [0.25, 0.3) is 11.5 Å². The Kier molecular flexibility index (Phi) is 5.35. The van der Waals surface area contributed by atoms with Crippen LogP contribution in [0.4, 0.5) is 0 Å². The number of aromatic amines is 1. The van der Waals surface area contributed by atoms with Gasteiger partial charge >= 0.3 is 0 Å². The smallest absolute Gasteiger partial charge is 0.262 e. The summed E-state index contributed by atoms with van der Waals surface area (Å²) in [5, 5.41) is 3.35. The number of benzene rings is 2. The molecule has 1 aliphatic rings. The van der Waals surface area contributed by atoms with Crippen LogP contribution in [-0.4, -0.2) is 28.8 Å². The number of amides is 1. The first kappa shape index (κ1) is 19.2. The lowest BCUT2D eigenvalue weighted by Gasteiger charge is -2.10. The molecule has 0 aliphatic carbocycles. The van der Waals surface area contributed by atoms with Crippen LogP contribution in [0.5, 0.6) is 11.5 Å². The maximum absolute atomic E-state index is 13.0. The van der Waals surface area contributed by atoms with Crippen LogP contribution >= 0.6 is 12.2 Å². The Labute approximate surface area is 172 Å². The molecular weight excluding hydrogens is 390 g/mol. The molecule has 2 N–H and O–H groups in total. The number of rotatable bonds is 6. The first-order valence-electron chi connectivity index (χ1n) is 9.50. The number of unbranched alkanes of at least 4 members (excludes halogenated alkanes) is 1. The summed E-state index contributed by atoms with van der Waals surface area (Å²) in [4.78, 5) is 28.4. The number of H-pyrrole nitrogens is 1. The van der Waals surface area contributed by atoms with Crippen molar-refractivity contribution in [2.45, 2.75) is 26.3 Å². The fourth-order valence-corrected chi connectivity index (χ4v) is 3.50. The number of fused-ring (bicyclic) bond motifs is 2. The monoisotopic (exact) mass is 411 g/mol. The van der Waals surface area contributed by atoms with Crippen LogP contribution in [0.15, 0.2) is 41.2 Å². The van der Waals surface area contributed by atoms with Crippen molar-refractivity contribution in [2.75, 3.05) is 13.3 Å². The van der Waals surface area contributed by atoms with Crippen LogP contribution in [0.2, 0.25) is 0 Å². The Hall–Kier alpha value is -3.13. The predicted octanol–water partition coefficient (Wildman–Crippen LogP) is 3.37. The summed E-state index contributed by atoms with van der Waals surface area (Å²) in [7, 11) is 0. The largest absolute Gasteiger partial charge is 0.454 e. The number of hydrogen-bond acceptors (Lipinski definition) is 5. The van der Waals surface area contributed by atoms with Gasteiger partial charge in [-0.15, -0.1) is 0 Å².